The third kappa shape index (κ3) is 2.91. The molecule has 104 valence electrons. The standard InChI is InChI=1S/C12H12N4O4/c1-13-11-6-12(15-7-14-11)20-10-5-8(19-2)3-4-9(10)16(17)18/h3-7H,1-2H3,(H,13,14,15). The highest BCUT2D eigenvalue weighted by atomic mass is 16.6. The molecule has 8 heteroatoms. The van der Waals surface area contributed by atoms with Gasteiger partial charge in [0, 0.05) is 25.2 Å². The summed E-state index contributed by atoms with van der Waals surface area (Å²) in [4.78, 5) is 18.3. The first-order chi connectivity index (χ1) is 9.63. The van der Waals surface area contributed by atoms with Gasteiger partial charge in [-0.05, 0) is 6.07 Å². The second-order valence-electron chi connectivity index (χ2n) is 3.68. The van der Waals surface area contributed by atoms with Crippen LogP contribution in [0.3, 0.4) is 0 Å². The number of aromatic nitrogens is 2. The molecule has 0 fully saturated rings. The van der Waals surface area contributed by atoms with Crippen LogP contribution in [0.2, 0.25) is 0 Å². The maximum Gasteiger partial charge on any atom is 0.311 e. The molecule has 0 spiro atoms. The van der Waals surface area contributed by atoms with Crippen molar-refractivity contribution in [2.24, 2.45) is 0 Å². The van der Waals surface area contributed by atoms with Crippen molar-refractivity contribution >= 4 is 11.5 Å². The van der Waals surface area contributed by atoms with Crippen molar-refractivity contribution in [3.05, 3.63) is 40.7 Å². The van der Waals surface area contributed by atoms with E-state index < -0.39 is 4.92 Å². The Morgan fingerprint density at radius 1 is 1.30 bits per heavy atom. The number of nitrogens with zero attached hydrogens (tertiary/aromatic N) is 3. The number of anilines is 1. The Balaban J connectivity index is 2.37. The topological polar surface area (TPSA) is 99.4 Å². The van der Waals surface area contributed by atoms with Crippen LogP contribution in [0.1, 0.15) is 0 Å². The minimum atomic E-state index is -0.533. The first-order valence-electron chi connectivity index (χ1n) is 5.64. The van der Waals surface area contributed by atoms with E-state index in [-0.39, 0.29) is 17.3 Å². The molecule has 20 heavy (non-hydrogen) atoms. The number of methoxy groups -OCH3 is 1. The van der Waals surface area contributed by atoms with Crippen molar-refractivity contribution in [1.29, 1.82) is 0 Å². The summed E-state index contributed by atoms with van der Waals surface area (Å²) in [6, 6.07) is 5.76. The van der Waals surface area contributed by atoms with Crippen molar-refractivity contribution in [3.8, 4) is 17.4 Å². The van der Waals surface area contributed by atoms with Gasteiger partial charge in [-0.25, -0.2) is 9.97 Å². The highest BCUT2D eigenvalue weighted by molar-refractivity contribution is 5.52. The van der Waals surface area contributed by atoms with E-state index in [0.29, 0.717) is 11.6 Å². The molecular weight excluding hydrogens is 264 g/mol. The minimum absolute atomic E-state index is 0.0510. The van der Waals surface area contributed by atoms with E-state index in [0.717, 1.165) is 0 Å². The highest BCUT2D eigenvalue weighted by Gasteiger charge is 2.17. The second kappa shape index (κ2) is 5.83. The predicted octanol–water partition coefficient (Wildman–Crippen LogP) is 2.23. The van der Waals surface area contributed by atoms with E-state index in [2.05, 4.69) is 15.3 Å². The van der Waals surface area contributed by atoms with Gasteiger partial charge in [0.25, 0.3) is 0 Å². The van der Waals surface area contributed by atoms with Crippen LogP contribution in [0, 0.1) is 10.1 Å². The van der Waals surface area contributed by atoms with Crippen molar-refractivity contribution in [2.45, 2.75) is 0 Å². The Morgan fingerprint density at radius 3 is 2.75 bits per heavy atom. The van der Waals surface area contributed by atoms with Gasteiger partial charge in [-0.1, -0.05) is 0 Å². The molecule has 2 aromatic rings. The summed E-state index contributed by atoms with van der Waals surface area (Å²) in [6.07, 6.45) is 1.30. The van der Waals surface area contributed by atoms with Gasteiger partial charge in [0.15, 0.2) is 0 Å². The maximum atomic E-state index is 11.0. The van der Waals surface area contributed by atoms with Gasteiger partial charge in [-0.2, -0.15) is 0 Å². The molecule has 0 aliphatic rings. The van der Waals surface area contributed by atoms with Gasteiger partial charge in [-0.3, -0.25) is 10.1 Å². The zero-order valence-electron chi connectivity index (χ0n) is 10.9. The number of ether oxygens (including phenoxy) is 2. The Kier molecular flexibility index (Phi) is 3.94. The summed E-state index contributed by atoms with van der Waals surface area (Å²) in [5, 5.41) is 13.8. The number of rotatable bonds is 5. The fraction of sp³-hybridized carbons (Fsp3) is 0.167. The highest BCUT2D eigenvalue weighted by Crippen LogP contribution is 2.34. The fourth-order valence-corrected chi connectivity index (χ4v) is 1.50. The van der Waals surface area contributed by atoms with Gasteiger partial charge < -0.3 is 14.8 Å². The Hall–Kier alpha value is -2.90. The third-order valence-corrected chi connectivity index (χ3v) is 2.48. The molecule has 8 nitrogen and oxygen atoms in total. The zero-order chi connectivity index (χ0) is 14.5. The number of nitro groups is 1. The summed E-state index contributed by atoms with van der Waals surface area (Å²) in [6.45, 7) is 0. The van der Waals surface area contributed by atoms with Crippen molar-refractivity contribution in [3.63, 3.8) is 0 Å². The van der Waals surface area contributed by atoms with Crippen molar-refractivity contribution < 1.29 is 14.4 Å². The molecule has 0 atom stereocenters. The summed E-state index contributed by atoms with van der Waals surface area (Å²) in [5.74, 6) is 1.24. The summed E-state index contributed by atoms with van der Waals surface area (Å²) >= 11 is 0. The molecule has 0 aliphatic carbocycles. The quantitative estimate of drug-likeness (QED) is 0.660. The van der Waals surface area contributed by atoms with Crippen LogP contribution < -0.4 is 14.8 Å². The molecule has 0 aliphatic heterocycles. The van der Waals surface area contributed by atoms with Crippen LogP contribution >= 0.6 is 0 Å². The molecule has 0 bridgehead atoms. The van der Waals surface area contributed by atoms with Gasteiger partial charge >= 0.3 is 5.69 Å². The lowest BCUT2D eigenvalue weighted by molar-refractivity contribution is -0.385. The Labute approximate surface area is 114 Å². The Bertz CT molecular complexity index is 633. The van der Waals surface area contributed by atoms with E-state index in [9.17, 15) is 10.1 Å². The molecular formula is C12H12N4O4. The van der Waals surface area contributed by atoms with Crippen LogP contribution in [0.4, 0.5) is 11.5 Å². The molecule has 1 heterocycles. The predicted molar refractivity (Wildman–Crippen MR) is 71.3 cm³/mol. The molecule has 0 unspecified atom stereocenters. The van der Waals surface area contributed by atoms with E-state index in [1.165, 1.54) is 37.7 Å². The lowest BCUT2D eigenvalue weighted by Gasteiger charge is -2.08. The number of hydrogen-bond donors (Lipinski definition) is 1. The SMILES string of the molecule is CNc1cc(Oc2cc(OC)ccc2[N+](=O)[O-])ncn1. The fourth-order valence-electron chi connectivity index (χ4n) is 1.50. The average molecular weight is 276 g/mol. The molecule has 1 aromatic heterocycles. The molecule has 0 saturated carbocycles. The number of nitro benzene ring substituents is 1. The van der Waals surface area contributed by atoms with Gasteiger partial charge in [0.1, 0.15) is 17.9 Å². The number of hydrogen-bond acceptors (Lipinski definition) is 7. The molecule has 0 saturated heterocycles. The molecule has 1 aromatic carbocycles. The van der Waals surface area contributed by atoms with Gasteiger partial charge in [-0.15, -0.1) is 0 Å². The average Bonchev–Trinajstić information content (AvgIpc) is 2.47. The van der Waals surface area contributed by atoms with Crippen molar-refractivity contribution in [1.82, 2.24) is 9.97 Å². The van der Waals surface area contributed by atoms with Gasteiger partial charge in [0.2, 0.25) is 11.6 Å². The van der Waals surface area contributed by atoms with Crippen LogP contribution in [-0.2, 0) is 0 Å². The van der Waals surface area contributed by atoms with Crippen LogP contribution in [0.15, 0.2) is 30.6 Å². The van der Waals surface area contributed by atoms with Crippen LogP contribution in [-0.4, -0.2) is 29.0 Å². The van der Waals surface area contributed by atoms with E-state index in [1.54, 1.807) is 7.05 Å². The lowest BCUT2D eigenvalue weighted by atomic mass is 10.3. The number of benzene rings is 1. The third-order valence-electron chi connectivity index (χ3n) is 2.48. The monoisotopic (exact) mass is 276 g/mol. The molecule has 1 N–H and O–H groups in total. The smallest absolute Gasteiger partial charge is 0.311 e. The van der Waals surface area contributed by atoms with Gasteiger partial charge in [0.05, 0.1) is 12.0 Å². The molecule has 0 amide bonds. The zero-order valence-corrected chi connectivity index (χ0v) is 10.9. The van der Waals surface area contributed by atoms with E-state index >= 15 is 0 Å². The largest absolute Gasteiger partial charge is 0.497 e. The maximum absolute atomic E-state index is 11.0. The second-order valence-corrected chi connectivity index (χ2v) is 3.68. The number of nitrogens with one attached hydrogen (secondary N) is 1. The molecule has 2 rings (SSSR count). The first-order valence-corrected chi connectivity index (χ1v) is 5.64. The minimum Gasteiger partial charge on any atom is -0.497 e. The van der Waals surface area contributed by atoms with Crippen LogP contribution in [0.5, 0.6) is 17.4 Å². The summed E-state index contributed by atoms with van der Waals surface area (Å²) < 4.78 is 10.5. The lowest BCUT2D eigenvalue weighted by Crippen LogP contribution is -1.98. The van der Waals surface area contributed by atoms with Crippen LogP contribution in [0.25, 0.3) is 0 Å². The summed E-state index contributed by atoms with van der Waals surface area (Å²) in [7, 11) is 3.16. The molecule has 0 radical (unpaired) electrons. The van der Waals surface area contributed by atoms with E-state index in [1.807, 2.05) is 0 Å². The van der Waals surface area contributed by atoms with E-state index in [4.69, 9.17) is 9.47 Å². The van der Waals surface area contributed by atoms with Crippen molar-refractivity contribution in [2.75, 3.05) is 19.5 Å². The Morgan fingerprint density at radius 2 is 2.10 bits per heavy atom. The summed E-state index contributed by atoms with van der Waals surface area (Å²) in [5.41, 5.74) is -0.171. The first kappa shape index (κ1) is 13.5. The normalized spacial score (nSPS) is 9.90.